The van der Waals surface area contributed by atoms with Gasteiger partial charge in [-0.3, -0.25) is 0 Å². The van der Waals surface area contributed by atoms with Gasteiger partial charge in [0.25, 0.3) is 0 Å². The Hall–Kier alpha value is -6.32. The topological polar surface area (TPSA) is 28.0 Å². The molecule has 50 heavy (non-hydrogen) atoms. The zero-order chi connectivity index (χ0) is 33.5. The normalized spacial score (nSPS) is 15.9. The molecule has 2 aliphatic rings. The second-order valence-electron chi connectivity index (χ2n) is 13.0. The summed E-state index contributed by atoms with van der Waals surface area (Å²) in [4.78, 5) is 12.8. The van der Waals surface area contributed by atoms with Crippen LogP contribution < -0.4 is 0 Å². The molecule has 7 aromatic carbocycles. The molecule has 3 nitrogen and oxygen atoms in total. The van der Waals surface area contributed by atoms with Gasteiger partial charge in [0.15, 0.2) is 5.84 Å². The molecule has 1 unspecified atom stereocenters. The lowest BCUT2D eigenvalue weighted by Gasteiger charge is -2.34. The van der Waals surface area contributed by atoms with E-state index in [0.717, 1.165) is 39.5 Å². The summed E-state index contributed by atoms with van der Waals surface area (Å²) >= 11 is 0. The standard InChI is InChI=1S/C47H35N3/c1-50-45(33-18-6-2-7-19-33)48-44(49-46(50)34-20-8-3-9-21-34)41-28-15-14-26-38(41)35-30-31-40-39-27-16-17-29-42(39)47(43(40)32-35,36-22-10-4-11-23-36)37-24-12-5-13-25-37/h2-32,45H,1H3. The second kappa shape index (κ2) is 12.3. The van der Waals surface area contributed by atoms with Crippen LogP contribution in [0.5, 0.6) is 0 Å². The lowest BCUT2D eigenvalue weighted by atomic mass is 9.67. The first-order valence-corrected chi connectivity index (χ1v) is 17.2. The summed E-state index contributed by atoms with van der Waals surface area (Å²) in [6, 6.07) is 67.3. The van der Waals surface area contributed by atoms with E-state index in [9.17, 15) is 0 Å². The van der Waals surface area contributed by atoms with E-state index in [1.165, 1.54) is 33.4 Å². The number of hydrogen-bond donors (Lipinski definition) is 0. The molecule has 1 aliphatic heterocycles. The van der Waals surface area contributed by atoms with Gasteiger partial charge in [0, 0.05) is 18.2 Å². The molecule has 0 radical (unpaired) electrons. The van der Waals surface area contributed by atoms with Crippen LogP contribution in [0.3, 0.4) is 0 Å². The number of rotatable bonds is 6. The molecule has 0 spiro atoms. The highest BCUT2D eigenvalue weighted by Gasteiger charge is 2.46. The van der Waals surface area contributed by atoms with Gasteiger partial charge < -0.3 is 4.90 Å². The Morgan fingerprint density at radius 2 is 0.980 bits per heavy atom. The van der Waals surface area contributed by atoms with Crippen molar-refractivity contribution in [3.8, 4) is 22.3 Å². The number of benzene rings is 7. The minimum absolute atomic E-state index is 0.217. The van der Waals surface area contributed by atoms with Crippen molar-refractivity contribution in [3.05, 3.63) is 227 Å². The number of nitrogens with zero attached hydrogens (tertiary/aromatic N) is 3. The van der Waals surface area contributed by atoms with Crippen molar-refractivity contribution in [1.82, 2.24) is 4.90 Å². The van der Waals surface area contributed by atoms with Gasteiger partial charge in [-0.1, -0.05) is 182 Å². The third kappa shape index (κ3) is 4.74. The lowest BCUT2D eigenvalue weighted by Crippen LogP contribution is -2.35. The molecule has 0 saturated heterocycles. The van der Waals surface area contributed by atoms with Crippen molar-refractivity contribution in [3.63, 3.8) is 0 Å². The summed E-state index contributed by atoms with van der Waals surface area (Å²) in [6.07, 6.45) is -0.217. The van der Waals surface area contributed by atoms with Gasteiger partial charge in [-0.15, -0.1) is 0 Å². The molecule has 0 bridgehead atoms. The first-order chi connectivity index (χ1) is 24.7. The van der Waals surface area contributed by atoms with Crippen molar-refractivity contribution < 1.29 is 0 Å². The SMILES string of the molecule is CN1C(c2ccccc2)=NC(c2ccccc2-c2ccc3c(c2)C(c2ccccc2)(c2ccccc2)c2ccccc2-3)=NC1c1ccccc1. The molecular weight excluding hydrogens is 607 g/mol. The van der Waals surface area contributed by atoms with Gasteiger partial charge in [-0.05, 0) is 56.1 Å². The molecule has 0 saturated carbocycles. The molecule has 1 atom stereocenters. The van der Waals surface area contributed by atoms with Gasteiger partial charge in [0.1, 0.15) is 12.0 Å². The number of hydrogen-bond acceptors (Lipinski definition) is 3. The maximum absolute atomic E-state index is 5.35. The highest BCUT2D eigenvalue weighted by atomic mass is 15.3. The van der Waals surface area contributed by atoms with E-state index in [2.05, 4.69) is 194 Å². The van der Waals surface area contributed by atoms with Crippen molar-refractivity contribution in [2.75, 3.05) is 7.05 Å². The maximum Gasteiger partial charge on any atom is 0.160 e. The Balaban J connectivity index is 1.26. The van der Waals surface area contributed by atoms with Crippen LogP contribution in [0.1, 0.15) is 45.1 Å². The van der Waals surface area contributed by atoms with Crippen molar-refractivity contribution in [1.29, 1.82) is 0 Å². The fourth-order valence-electron chi connectivity index (χ4n) is 7.98. The summed E-state index contributed by atoms with van der Waals surface area (Å²) in [5.74, 6) is 1.63. The molecule has 0 aromatic heterocycles. The van der Waals surface area contributed by atoms with Crippen LogP contribution in [-0.2, 0) is 5.41 Å². The smallest absolute Gasteiger partial charge is 0.160 e. The molecule has 238 valence electrons. The van der Waals surface area contributed by atoms with Crippen LogP contribution in [0.4, 0.5) is 0 Å². The minimum atomic E-state index is -0.471. The highest BCUT2D eigenvalue weighted by Crippen LogP contribution is 2.56. The molecule has 7 aromatic rings. The molecule has 1 heterocycles. The van der Waals surface area contributed by atoms with E-state index in [1.807, 2.05) is 6.07 Å². The molecule has 3 heteroatoms. The van der Waals surface area contributed by atoms with Crippen LogP contribution in [0.15, 0.2) is 198 Å². The number of aliphatic imine (C=N–C) groups is 2. The quantitative estimate of drug-likeness (QED) is 0.178. The predicted molar refractivity (Wildman–Crippen MR) is 206 cm³/mol. The number of fused-ring (bicyclic) bond motifs is 3. The fraction of sp³-hybridized carbons (Fsp3) is 0.0638. The maximum atomic E-state index is 5.35. The number of amidine groups is 2. The van der Waals surface area contributed by atoms with Crippen LogP contribution in [-0.4, -0.2) is 23.6 Å². The summed E-state index contributed by atoms with van der Waals surface area (Å²) in [7, 11) is 2.08. The third-order valence-corrected chi connectivity index (χ3v) is 10.2. The third-order valence-electron chi connectivity index (χ3n) is 10.2. The van der Waals surface area contributed by atoms with Crippen LogP contribution in [0.25, 0.3) is 22.3 Å². The largest absolute Gasteiger partial charge is 0.333 e. The zero-order valence-corrected chi connectivity index (χ0v) is 27.8. The average Bonchev–Trinajstić information content (AvgIpc) is 3.50. The zero-order valence-electron chi connectivity index (χ0n) is 27.8. The first-order valence-electron chi connectivity index (χ1n) is 17.2. The van der Waals surface area contributed by atoms with Crippen molar-refractivity contribution in [2.45, 2.75) is 11.6 Å². The first kappa shape index (κ1) is 29.8. The summed E-state index contributed by atoms with van der Waals surface area (Å²) < 4.78 is 0. The monoisotopic (exact) mass is 641 g/mol. The van der Waals surface area contributed by atoms with Gasteiger partial charge in [0.05, 0.1) is 5.41 Å². The highest BCUT2D eigenvalue weighted by molar-refractivity contribution is 6.15. The summed E-state index contributed by atoms with van der Waals surface area (Å²) in [5.41, 5.74) is 12.6. The summed E-state index contributed by atoms with van der Waals surface area (Å²) in [6.45, 7) is 0. The predicted octanol–water partition coefficient (Wildman–Crippen LogP) is 10.6. The minimum Gasteiger partial charge on any atom is -0.333 e. The molecule has 0 amide bonds. The second-order valence-corrected chi connectivity index (χ2v) is 13.0. The van der Waals surface area contributed by atoms with Gasteiger partial charge in [-0.25, -0.2) is 9.98 Å². The molecule has 1 aliphatic carbocycles. The van der Waals surface area contributed by atoms with Crippen molar-refractivity contribution in [2.24, 2.45) is 9.98 Å². The molecule has 9 rings (SSSR count). The Morgan fingerprint density at radius 3 is 1.64 bits per heavy atom. The Labute approximate surface area is 293 Å². The van der Waals surface area contributed by atoms with Crippen LogP contribution in [0.2, 0.25) is 0 Å². The van der Waals surface area contributed by atoms with Crippen molar-refractivity contribution >= 4 is 11.7 Å². The lowest BCUT2D eigenvalue weighted by molar-refractivity contribution is 0.383. The Kier molecular flexibility index (Phi) is 7.32. The molecule has 0 N–H and O–H groups in total. The van der Waals surface area contributed by atoms with E-state index < -0.39 is 5.41 Å². The van der Waals surface area contributed by atoms with E-state index in [1.54, 1.807) is 0 Å². The van der Waals surface area contributed by atoms with Gasteiger partial charge >= 0.3 is 0 Å². The van der Waals surface area contributed by atoms with E-state index >= 15 is 0 Å². The van der Waals surface area contributed by atoms with Gasteiger partial charge in [-0.2, -0.15) is 0 Å². The van der Waals surface area contributed by atoms with E-state index in [0.29, 0.717) is 0 Å². The van der Waals surface area contributed by atoms with E-state index in [4.69, 9.17) is 9.98 Å². The Bertz CT molecular complexity index is 2340. The fourth-order valence-corrected chi connectivity index (χ4v) is 7.98. The van der Waals surface area contributed by atoms with E-state index in [-0.39, 0.29) is 6.17 Å². The summed E-state index contributed by atoms with van der Waals surface area (Å²) in [5, 5.41) is 0. The van der Waals surface area contributed by atoms with Crippen LogP contribution >= 0.6 is 0 Å². The molecular formula is C47H35N3. The van der Waals surface area contributed by atoms with Crippen LogP contribution in [0, 0.1) is 0 Å². The van der Waals surface area contributed by atoms with Gasteiger partial charge in [0.2, 0.25) is 0 Å². The average molecular weight is 642 g/mol. The Morgan fingerprint density at radius 1 is 0.460 bits per heavy atom. The molecule has 0 fully saturated rings.